The standard InChI is InChI=1S/C17H26N4O5/c1-17(2)15(25)19-16(26)21(17)8-13(22)18-11-5-12(6-11)20(9-14(23)24)7-10-3-4-10/h10-12H,3-9H2,1-2H3,(H,18,22)(H,23,24)(H,19,25,26). The number of rotatable bonds is 8. The summed E-state index contributed by atoms with van der Waals surface area (Å²) >= 11 is 0. The van der Waals surface area contributed by atoms with Gasteiger partial charge in [0.1, 0.15) is 12.1 Å². The van der Waals surface area contributed by atoms with Crippen LogP contribution in [-0.2, 0) is 14.4 Å². The number of aliphatic carboxylic acids is 1. The highest BCUT2D eigenvalue weighted by Crippen LogP contribution is 2.33. The Balaban J connectivity index is 1.46. The summed E-state index contributed by atoms with van der Waals surface area (Å²) in [5.74, 6) is -0.941. The average molecular weight is 366 g/mol. The Kier molecular flexibility index (Phi) is 4.92. The van der Waals surface area contributed by atoms with Gasteiger partial charge in [0.2, 0.25) is 5.91 Å². The molecule has 1 heterocycles. The van der Waals surface area contributed by atoms with Gasteiger partial charge in [-0.15, -0.1) is 0 Å². The number of hydrogen-bond acceptors (Lipinski definition) is 5. The van der Waals surface area contributed by atoms with Gasteiger partial charge >= 0.3 is 12.0 Å². The number of nitrogens with zero attached hydrogens (tertiary/aromatic N) is 2. The molecule has 0 aromatic carbocycles. The van der Waals surface area contributed by atoms with E-state index in [9.17, 15) is 19.2 Å². The molecule has 3 rings (SSSR count). The predicted octanol–water partition coefficient (Wildman–Crippen LogP) is -0.239. The summed E-state index contributed by atoms with van der Waals surface area (Å²) in [4.78, 5) is 50.0. The lowest BCUT2D eigenvalue weighted by Crippen LogP contribution is -2.57. The van der Waals surface area contributed by atoms with Crippen molar-refractivity contribution in [1.82, 2.24) is 20.4 Å². The third-order valence-corrected chi connectivity index (χ3v) is 5.52. The first-order valence-corrected chi connectivity index (χ1v) is 9.05. The van der Waals surface area contributed by atoms with Crippen molar-refractivity contribution in [2.24, 2.45) is 5.92 Å². The maximum Gasteiger partial charge on any atom is 0.325 e. The maximum absolute atomic E-state index is 12.2. The summed E-state index contributed by atoms with van der Waals surface area (Å²) in [5.41, 5.74) is -1.04. The minimum absolute atomic E-state index is 0.0209. The molecule has 0 aromatic heterocycles. The molecule has 1 saturated heterocycles. The molecule has 4 amide bonds. The highest BCUT2D eigenvalue weighted by Gasteiger charge is 2.46. The van der Waals surface area contributed by atoms with Crippen LogP contribution in [0.15, 0.2) is 0 Å². The van der Waals surface area contributed by atoms with Crippen molar-refractivity contribution in [2.75, 3.05) is 19.6 Å². The largest absolute Gasteiger partial charge is 0.480 e. The van der Waals surface area contributed by atoms with Crippen molar-refractivity contribution in [2.45, 2.75) is 57.2 Å². The van der Waals surface area contributed by atoms with Crippen LogP contribution in [0.1, 0.15) is 39.5 Å². The Bertz CT molecular complexity index is 625. The van der Waals surface area contributed by atoms with Gasteiger partial charge in [0.05, 0.1) is 6.54 Å². The summed E-state index contributed by atoms with van der Waals surface area (Å²) in [7, 11) is 0. The van der Waals surface area contributed by atoms with Gasteiger partial charge in [0, 0.05) is 18.6 Å². The summed E-state index contributed by atoms with van der Waals surface area (Å²) in [6.07, 6.45) is 3.74. The molecule has 9 nitrogen and oxygen atoms in total. The molecule has 0 unspecified atom stereocenters. The molecule has 0 aromatic rings. The van der Waals surface area contributed by atoms with Crippen molar-refractivity contribution in [3.05, 3.63) is 0 Å². The third kappa shape index (κ3) is 3.98. The molecule has 2 aliphatic carbocycles. The molecule has 3 aliphatic rings. The van der Waals surface area contributed by atoms with Crippen LogP contribution in [0.5, 0.6) is 0 Å². The van der Waals surface area contributed by atoms with E-state index in [1.807, 2.05) is 4.90 Å². The fourth-order valence-corrected chi connectivity index (χ4v) is 3.53. The van der Waals surface area contributed by atoms with Crippen LogP contribution in [0.25, 0.3) is 0 Å². The smallest absolute Gasteiger partial charge is 0.325 e. The normalized spacial score (nSPS) is 27.3. The van der Waals surface area contributed by atoms with Crippen molar-refractivity contribution in [3.8, 4) is 0 Å². The number of amides is 4. The summed E-state index contributed by atoms with van der Waals surface area (Å²) in [5, 5.41) is 14.2. The minimum Gasteiger partial charge on any atom is -0.480 e. The van der Waals surface area contributed by atoms with Gasteiger partial charge in [-0.1, -0.05) is 0 Å². The highest BCUT2D eigenvalue weighted by atomic mass is 16.4. The van der Waals surface area contributed by atoms with Crippen molar-refractivity contribution >= 4 is 23.8 Å². The molecule has 1 aliphatic heterocycles. The SMILES string of the molecule is CC1(C)C(=O)NC(=O)N1CC(=O)NC1CC(N(CC(=O)O)CC2CC2)C1. The van der Waals surface area contributed by atoms with E-state index < -0.39 is 23.4 Å². The van der Waals surface area contributed by atoms with Crippen molar-refractivity contribution in [1.29, 1.82) is 0 Å². The minimum atomic E-state index is -1.04. The number of carbonyl (C=O) groups excluding carboxylic acids is 3. The Morgan fingerprint density at radius 3 is 2.46 bits per heavy atom. The Labute approximate surface area is 152 Å². The zero-order chi connectivity index (χ0) is 19.1. The Morgan fingerprint density at radius 2 is 1.96 bits per heavy atom. The molecule has 0 spiro atoms. The molecule has 0 radical (unpaired) electrons. The first-order valence-electron chi connectivity index (χ1n) is 9.05. The monoisotopic (exact) mass is 366 g/mol. The van der Waals surface area contributed by atoms with Gasteiger partial charge in [-0.2, -0.15) is 0 Å². The van der Waals surface area contributed by atoms with Crippen LogP contribution in [0.4, 0.5) is 4.79 Å². The molecule has 144 valence electrons. The van der Waals surface area contributed by atoms with E-state index in [1.165, 1.54) is 4.90 Å². The zero-order valence-electron chi connectivity index (χ0n) is 15.2. The zero-order valence-corrected chi connectivity index (χ0v) is 15.2. The van der Waals surface area contributed by atoms with Gasteiger partial charge < -0.3 is 15.3 Å². The molecule has 0 atom stereocenters. The number of urea groups is 1. The van der Waals surface area contributed by atoms with E-state index in [-0.39, 0.29) is 31.1 Å². The number of carboxylic acid groups (broad SMARTS) is 1. The second-order valence-corrected chi connectivity index (χ2v) is 8.06. The van der Waals surface area contributed by atoms with Gasteiger partial charge in [0.25, 0.3) is 5.91 Å². The first kappa shape index (κ1) is 18.6. The van der Waals surface area contributed by atoms with Crippen LogP contribution in [-0.4, -0.2) is 76.0 Å². The van der Waals surface area contributed by atoms with Crippen molar-refractivity contribution in [3.63, 3.8) is 0 Å². The number of nitrogens with one attached hydrogen (secondary N) is 2. The molecule has 26 heavy (non-hydrogen) atoms. The van der Waals surface area contributed by atoms with E-state index in [1.54, 1.807) is 13.8 Å². The Morgan fingerprint density at radius 1 is 1.31 bits per heavy atom. The van der Waals surface area contributed by atoms with Gasteiger partial charge in [0.15, 0.2) is 0 Å². The average Bonchev–Trinajstić information content (AvgIpc) is 3.27. The lowest BCUT2D eigenvalue weighted by Gasteiger charge is -2.43. The molecule has 2 saturated carbocycles. The highest BCUT2D eigenvalue weighted by molar-refractivity contribution is 6.07. The van der Waals surface area contributed by atoms with Gasteiger partial charge in [-0.3, -0.25) is 24.6 Å². The number of hydrogen-bond donors (Lipinski definition) is 3. The number of carboxylic acids is 1. The molecule has 3 N–H and O–H groups in total. The van der Waals surface area contributed by atoms with Crippen LogP contribution in [0.3, 0.4) is 0 Å². The fourth-order valence-electron chi connectivity index (χ4n) is 3.53. The first-order chi connectivity index (χ1) is 12.2. The van der Waals surface area contributed by atoms with E-state index in [2.05, 4.69) is 10.6 Å². The number of carbonyl (C=O) groups is 4. The second-order valence-electron chi connectivity index (χ2n) is 8.06. The fraction of sp³-hybridized carbons (Fsp3) is 0.765. The topological polar surface area (TPSA) is 119 Å². The van der Waals surface area contributed by atoms with Gasteiger partial charge in [-0.05, 0) is 45.4 Å². The summed E-state index contributed by atoms with van der Waals surface area (Å²) in [6.45, 7) is 3.86. The summed E-state index contributed by atoms with van der Waals surface area (Å²) < 4.78 is 0. The van der Waals surface area contributed by atoms with E-state index in [0.29, 0.717) is 18.8 Å². The van der Waals surface area contributed by atoms with Crippen molar-refractivity contribution < 1.29 is 24.3 Å². The third-order valence-electron chi connectivity index (χ3n) is 5.52. The maximum atomic E-state index is 12.2. The van der Waals surface area contributed by atoms with E-state index >= 15 is 0 Å². The summed E-state index contributed by atoms with van der Waals surface area (Å²) in [6, 6.07) is -0.406. The molecule has 0 bridgehead atoms. The van der Waals surface area contributed by atoms with Crippen LogP contribution >= 0.6 is 0 Å². The molecule has 3 fully saturated rings. The van der Waals surface area contributed by atoms with E-state index in [4.69, 9.17) is 5.11 Å². The lowest BCUT2D eigenvalue weighted by atomic mass is 9.85. The van der Waals surface area contributed by atoms with Crippen LogP contribution in [0.2, 0.25) is 0 Å². The van der Waals surface area contributed by atoms with Crippen LogP contribution < -0.4 is 10.6 Å². The van der Waals surface area contributed by atoms with Gasteiger partial charge in [-0.25, -0.2) is 4.79 Å². The lowest BCUT2D eigenvalue weighted by molar-refractivity contribution is -0.140. The Hall–Kier alpha value is -2.16. The second kappa shape index (κ2) is 6.86. The molecule has 9 heteroatoms. The molecular formula is C17H26N4O5. The number of imide groups is 1. The van der Waals surface area contributed by atoms with E-state index in [0.717, 1.165) is 19.4 Å². The predicted molar refractivity (Wildman–Crippen MR) is 91.2 cm³/mol. The van der Waals surface area contributed by atoms with Crippen LogP contribution in [0, 0.1) is 5.92 Å². The quantitative estimate of drug-likeness (QED) is 0.510. The molecular weight excluding hydrogens is 340 g/mol.